The number of hydrogen-bond donors (Lipinski definition) is 0. The molecular formula is C21H21ClN4O. The third-order valence-electron chi connectivity index (χ3n) is 4.96. The van der Waals surface area contributed by atoms with E-state index in [1.807, 2.05) is 65.8 Å². The van der Waals surface area contributed by atoms with E-state index < -0.39 is 6.17 Å². The molecule has 0 saturated carbocycles. The summed E-state index contributed by atoms with van der Waals surface area (Å²) in [5, 5.41) is 0.620. The van der Waals surface area contributed by atoms with Gasteiger partial charge in [0.25, 0.3) is 5.91 Å². The predicted molar refractivity (Wildman–Crippen MR) is 109 cm³/mol. The van der Waals surface area contributed by atoms with Crippen molar-refractivity contribution >= 4 is 28.9 Å². The SMILES string of the molecule is CCN1C=CN(C2N=C(c3ccccc3)c3cc(Cl)ccc3N(C)C2=O)C1. The van der Waals surface area contributed by atoms with Gasteiger partial charge in [0.2, 0.25) is 6.17 Å². The molecule has 0 radical (unpaired) electrons. The number of benzodiazepines with no additional fused rings is 1. The number of carbonyl (C=O) groups is 1. The van der Waals surface area contributed by atoms with Gasteiger partial charge in [-0.25, -0.2) is 4.99 Å². The maximum absolute atomic E-state index is 13.2. The molecule has 0 saturated heterocycles. The van der Waals surface area contributed by atoms with Gasteiger partial charge in [0.15, 0.2) is 0 Å². The molecule has 0 aliphatic carbocycles. The molecule has 0 aromatic heterocycles. The molecule has 138 valence electrons. The number of likely N-dealkylation sites (N-methyl/N-ethyl adjacent to an activating group) is 1. The molecule has 5 nitrogen and oxygen atoms in total. The predicted octanol–water partition coefficient (Wildman–Crippen LogP) is 3.55. The molecule has 0 spiro atoms. The van der Waals surface area contributed by atoms with Crippen LogP contribution in [0.2, 0.25) is 5.02 Å². The van der Waals surface area contributed by atoms with Crippen molar-refractivity contribution in [3.05, 3.63) is 77.1 Å². The van der Waals surface area contributed by atoms with Crippen LogP contribution in [0.25, 0.3) is 0 Å². The molecular weight excluding hydrogens is 360 g/mol. The van der Waals surface area contributed by atoms with E-state index in [4.69, 9.17) is 16.6 Å². The van der Waals surface area contributed by atoms with E-state index >= 15 is 0 Å². The highest BCUT2D eigenvalue weighted by atomic mass is 35.5. The molecule has 1 unspecified atom stereocenters. The fourth-order valence-corrected chi connectivity index (χ4v) is 3.59. The van der Waals surface area contributed by atoms with Crippen molar-refractivity contribution in [2.75, 3.05) is 25.2 Å². The quantitative estimate of drug-likeness (QED) is 0.817. The maximum atomic E-state index is 13.2. The molecule has 2 heterocycles. The Hall–Kier alpha value is -2.79. The van der Waals surface area contributed by atoms with Gasteiger partial charge in [0.1, 0.15) is 0 Å². The Morgan fingerprint density at radius 1 is 1.15 bits per heavy atom. The Balaban J connectivity index is 1.87. The van der Waals surface area contributed by atoms with Crippen LogP contribution in [0.4, 0.5) is 5.69 Å². The summed E-state index contributed by atoms with van der Waals surface area (Å²) < 4.78 is 0. The summed E-state index contributed by atoms with van der Waals surface area (Å²) in [6.45, 7) is 3.61. The van der Waals surface area contributed by atoms with Crippen LogP contribution in [0.1, 0.15) is 18.1 Å². The first-order valence-electron chi connectivity index (χ1n) is 8.97. The number of anilines is 1. The zero-order valence-corrected chi connectivity index (χ0v) is 16.1. The normalized spacial score (nSPS) is 19.2. The summed E-state index contributed by atoms with van der Waals surface area (Å²) in [5.41, 5.74) is 3.41. The number of hydrogen-bond acceptors (Lipinski definition) is 4. The van der Waals surface area contributed by atoms with Crippen molar-refractivity contribution in [2.45, 2.75) is 13.1 Å². The molecule has 6 heteroatoms. The van der Waals surface area contributed by atoms with Gasteiger partial charge in [0, 0.05) is 42.1 Å². The molecule has 2 aromatic rings. The second kappa shape index (κ2) is 7.08. The van der Waals surface area contributed by atoms with Crippen LogP contribution in [0, 0.1) is 0 Å². The zero-order valence-electron chi connectivity index (χ0n) is 15.3. The second-order valence-corrected chi connectivity index (χ2v) is 7.07. The topological polar surface area (TPSA) is 39.1 Å². The Labute approximate surface area is 164 Å². The summed E-state index contributed by atoms with van der Waals surface area (Å²) in [4.78, 5) is 24.0. The van der Waals surface area contributed by atoms with Gasteiger partial charge in [0.05, 0.1) is 18.1 Å². The van der Waals surface area contributed by atoms with Gasteiger partial charge in [-0.3, -0.25) is 4.79 Å². The van der Waals surface area contributed by atoms with Crippen molar-refractivity contribution in [1.29, 1.82) is 0 Å². The van der Waals surface area contributed by atoms with Crippen LogP contribution in [0.15, 0.2) is 65.9 Å². The summed E-state index contributed by atoms with van der Waals surface area (Å²) in [6.07, 6.45) is 3.32. The number of aliphatic imine (C=N–C) groups is 1. The lowest BCUT2D eigenvalue weighted by Crippen LogP contribution is -2.45. The van der Waals surface area contributed by atoms with Crippen LogP contribution in [-0.2, 0) is 4.79 Å². The van der Waals surface area contributed by atoms with Gasteiger partial charge < -0.3 is 14.7 Å². The number of carbonyl (C=O) groups excluding carboxylic acids is 1. The lowest BCUT2D eigenvalue weighted by molar-refractivity contribution is -0.122. The molecule has 2 aliphatic heterocycles. The highest BCUT2D eigenvalue weighted by molar-refractivity contribution is 6.32. The van der Waals surface area contributed by atoms with Crippen molar-refractivity contribution in [3.63, 3.8) is 0 Å². The number of fused-ring (bicyclic) bond motifs is 1. The average molecular weight is 381 g/mol. The van der Waals surface area contributed by atoms with Gasteiger partial charge in [-0.05, 0) is 25.1 Å². The first kappa shape index (κ1) is 17.6. The van der Waals surface area contributed by atoms with Crippen molar-refractivity contribution in [3.8, 4) is 0 Å². The Morgan fingerprint density at radius 2 is 1.93 bits per heavy atom. The van der Waals surface area contributed by atoms with Gasteiger partial charge in [-0.1, -0.05) is 41.9 Å². The van der Waals surface area contributed by atoms with E-state index in [0.29, 0.717) is 11.7 Å². The van der Waals surface area contributed by atoms with Crippen molar-refractivity contribution in [1.82, 2.24) is 9.80 Å². The van der Waals surface area contributed by atoms with Crippen LogP contribution in [0.3, 0.4) is 0 Å². The first-order valence-corrected chi connectivity index (χ1v) is 9.35. The molecule has 0 N–H and O–H groups in total. The number of nitrogens with zero attached hydrogens (tertiary/aromatic N) is 4. The molecule has 2 aromatic carbocycles. The Bertz CT molecular complexity index is 925. The summed E-state index contributed by atoms with van der Waals surface area (Å²) in [5.74, 6) is -0.0629. The van der Waals surface area contributed by atoms with Gasteiger partial charge in [-0.2, -0.15) is 0 Å². The maximum Gasteiger partial charge on any atom is 0.272 e. The summed E-state index contributed by atoms with van der Waals surface area (Å²) in [6, 6.07) is 15.5. The minimum atomic E-state index is -0.621. The number of amides is 1. The molecule has 27 heavy (non-hydrogen) atoms. The largest absolute Gasteiger partial charge is 0.359 e. The van der Waals surface area contributed by atoms with Gasteiger partial charge >= 0.3 is 0 Å². The number of halogens is 1. The molecule has 2 aliphatic rings. The fourth-order valence-electron chi connectivity index (χ4n) is 3.42. The standard InChI is InChI=1S/C21H21ClN4O/c1-3-25-11-12-26(14-25)20-21(27)24(2)18-10-9-16(22)13-17(18)19(23-20)15-7-5-4-6-8-15/h4-13,20H,3,14H2,1-2H3. The van der Waals surface area contributed by atoms with E-state index in [1.165, 1.54) is 0 Å². The van der Waals surface area contributed by atoms with E-state index in [-0.39, 0.29) is 5.91 Å². The third kappa shape index (κ3) is 3.19. The minimum absolute atomic E-state index is 0.0629. The van der Waals surface area contributed by atoms with E-state index in [1.54, 1.807) is 11.9 Å². The third-order valence-corrected chi connectivity index (χ3v) is 5.19. The molecule has 1 amide bonds. The van der Waals surface area contributed by atoms with Crippen LogP contribution in [-0.4, -0.2) is 47.8 Å². The monoisotopic (exact) mass is 380 g/mol. The molecule has 0 bridgehead atoms. The van der Waals surface area contributed by atoms with Crippen molar-refractivity contribution < 1.29 is 4.79 Å². The lowest BCUT2D eigenvalue weighted by atomic mass is 10.0. The highest BCUT2D eigenvalue weighted by Crippen LogP contribution is 2.31. The smallest absolute Gasteiger partial charge is 0.272 e. The minimum Gasteiger partial charge on any atom is -0.359 e. The average Bonchev–Trinajstić information content (AvgIpc) is 3.14. The van der Waals surface area contributed by atoms with Crippen LogP contribution >= 0.6 is 11.6 Å². The fraction of sp³-hybridized carbons (Fsp3) is 0.238. The Morgan fingerprint density at radius 3 is 2.63 bits per heavy atom. The molecule has 1 atom stereocenters. The number of benzene rings is 2. The highest BCUT2D eigenvalue weighted by Gasteiger charge is 2.34. The molecule has 0 fully saturated rings. The Kier molecular flexibility index (Phi) is 4.62. The summed E-state index contributed by atoms with van der Waals surface area (Å²) >= 11 is 6.28. The van der Waals surface area contributed by atoms with E-state index in [9.17, 15) is 4.79 Å². The zero-order chi connectivity index (χ0) is 19.0. The number of rotatable bonds is 3. The van der Waals surface area contributed by atoms with Crippen LogP contribution in [0.5, 0.6) is 0 Å². The van der Waals surface area contributed by atoms with E-state index in [0.717, 1.165) is 29.1 Å². The summed E-state index contributed by atoms with van der Waals surface area (Å²) in [7, 11) is 1.79. The molecule has 4 rings (SSSR count). The van der Waals surface area contributed by atoms with Gasteiger partial charge in [-0.15, -0.1) is 0 Å². The lowest BCUT2D eigenvalue weighted by Gasteiger charge is -2.27. The second-order valence-electron chi connectivity index (χ2n) is 6.63. The van der Waals surface area contributed by atoms with Crippen molar-refractivity contribution in [2.24, 2.45) is 4.99 Å². The van der Waals surface area contributed by atoms with Crippen LogP contribution < -0.4 is 4.90 Å². The van der Waals surface area contributed by atoms with E-state index in [2.05, 4.69) is 11.8 Å². The first-order chi connectivity index (χ1) is 13.1.